The van der Waals surface area contributed by atoms with Gasteiger partial charge in [0, 0.05) is 24.7 Å². The Labute approximate surface area is 76.7 Å². The lowest BCUT2D eigenvalue weighted by atomic mass is 10.1. The smallest absolute Gasteiger partial charge is 0.306 e. The summed E-state index contributed by atoms with van der Waals surface area (Å²) in [6, 6.07) is 5.77. The van der Waals surface area contributed by atoms with E-state index in [-0.39, 0.29) is 12.1 Å². The van der Waals surface area contributed by atoms with E-state index in [4.69, 9.17) is 4.74 Å². The number of hydrogen-bond acceptors (Lipinski definition) is 3. The lowest BCUT2D eigenvalue weighted by molar-refractivity contribution is -0.141. The van der Waals surface area contributed by atoms with E-state index in [9.17, 15) is 4.79 Å². The average molecular weight is 177 g/mol. The second-order valence-corrected chi connectivity index (χ2v) is 3.18. The third-order valence-electron chi connectivity index (χ3n) is 2.13. The van der Waals surface area contributed by atoms with Crippen LogP contribution in [0.25, 0.3) is 0 Å². The van der Waals surface area contributed by atoms with Crippen LogP contribution in [-0.4, -0.2) is 17.1 Å². The SMILES string of the molecule is O=C1CCC(Cc2ccccn2)O1. The van der Waals surface area contributed by atoms with Crippen LogP contribution in [0.4, 0.5) is 0 Å². The Morgan fingerprint density at radius 1 is 1.54 bits per heavy atom. The Morgan fingerprint density at radius 3 is 3.08 bits per heavy atom. The third-order valence-corrected chi connectivity index (χ3v) is 2.13. The maximum atomic E-state index is 10.8. The zero-order valence-electron chi connectivity index (χ0n) is 7.27. The highest BCUT2D eigenvalue weighted by Gasteiger charge is 2.23. The number of nitrogens with zero attached hydrogens (tertiary/aromatic N) is 1. The fraction of sp³-hybridized carbons (Fsp3) is 0.400. The van der Waals surface area contributed by atoms with Gasteiger partial charge in [-0.25, -0.2) is 0 Å². The van der Waals surface area contributed by atoms with Crippen molar-refractivity contribution in [2.45, 2.75) is 25.4 Å². The van der Waals surface area contributed by atoms with E-state index in [2.05, 4.69) is 4.98 Å². The van der Waals surface area contributed by atoms with Crippen LogP contribution in [0, 0.1) is 0 Å². The zero-order chi connectivity index (χ0) is 9.10. The number of rotatable bonds is 2. The molecule has 1 unspecified atom stereocenters. The number of pyridine rings is 1. The number of hydrogen-bond donors (Lipinski definition) is 0. The summed E-state index contributed by atoms with van der Waals surface area (Å²) in [7, 11) is 0. The van der Waals surface area contributed by atoms with Crippen LogP contribution in [0.3, 0.4) is 0 Å². The summed E-state index contributed by atoms with van der Waals surface area (Å²) in [5, 5.41) is 0. The Balaban J connectivity index is 1.96. The molecule has 2 heterocycles. The largest absolute Gasteiger partial charge is 0.462 e. The van der Waals surface area contributed by atoms with Crippen LogP contribution in [0.2, 0.25) is 0 Å². The number of ether oxygens (including phenoxy) is 1. The molecule has 0 aliphatic carbocycles. The zero-order valence-corrected chi connectivity index (χ0v) is 7.27. The number of esters is 1. The first-order chi connectivity index (χ1) is 6.34. The Kier molecular flexibility index (Phi) is 2.25. The fourth-order valence-corrected chi connectivity index (χ4v) is 1.48. The van der Waals surface area contributed by atoms with E-state index in [0.29, 0.717) is 6.42 Å². The van der Waals surface area contributed by atoms with Gasteiger partial charge in [-0.3, -0.25) is 9.78 Å². The topological polar surface area (TPSA) is 39.2 Å². The highest BCUT2D eigenvalue weighted by atomic mass is 16.5. The fourth-order valence-electron chi connectivity index (χ4n) is 1.48. The van der Waals surface area contributed by atoms with E-state index in [0.717, 1.165) is 18.5 Å². The number of aromatic nitrogens is 1. The van der Waals surface area contributed by atoms with Gasteiger partial charge in [0.1, 0.15) is 6.10 Å². The van der Waals surface area contributed by atoms with Crippen molar-refractivity contribution in [1.29, 1.82) is 0 Å². The van der Waals surface area contributed by atoms with E-state index < -0.39 is 0 Å². The summed E-state index contributed by atoms with van der Waals surface area (Å²) in [5.74, 6) is -0.0825. The third kappa shape index (κ3) is 2.05. The maximum Gasteiger partial charge on any atom is 0.306 e. The predicted octanol–water partition coefficient (Wildman–Crippen LogP) is 1.33. The minimum Gasteiger partial charge on any atom is -0.462 e. The highest BCUT2D eigenvalue weighted by Crippen LogP contribution is 2.16. The second kappa shape index (κ2) is 3.56. The van der Waals surface area contributed by atoms with Crippen molar-refractivity contribution >= 4 is 5.97 Å². The van der Waals surface area contributed by atoms with Gasteiger partial charge in [-0.1, -0.05) is 6.07 Å². The van der Waals surface area contributed by atoms with Gasteiger partial charge in [0.2, 0.25) is 0 Å². The van der Waals surface area contributed by atoms with Crippen molar-refractivity contribution in [2.75, 3.05) is 0 Å². The molecule has 0 bridgehead atoms. The minimum absolute atomic E-state index is 0.0439. The molecule has 0 spiro atoms. The van der Waals surface area contributed by atoms with Crippen molar-refractivity contribution < 1.29 is 9.53 Å². The summed E-state index contributed by atoms with van der Waals surface area (Å²) in [6.45, 7) is 0. The first-order valence-electron chi connectivity index (χ1n) is 4.44. The van der Waals surface area contributed by atoms with Gasteiger partial charge in [0.15, 0.2) is 0 Å². The molecule has 0 N–H and O–H groups in total. The molecule has 13 heavy (non-hydrogen) atoms. The van der Waals surface area contributed by atoms with Gasteiger partial charge in [-0.15, -0.1) is 0 Å². The molecule has 3 nitrogen and oxygen atoms in total. The normalized spacial score (nSPS) is 21.5. The van der Waals surface area contributed by atoms with Crippen LogP contribution < -0.4 is 0 Å². The first kappa shape index (κ1) is 8.23. The van der Waals surface area contributed by atoms with Crippen molar-refractivity contribution in [3.05, 3.63) is 30.1 Å². The molecule has 3 heteroatoms. The molecule has 2 rings (SSSR count). The molecule has 1 aliphatic heterocycles. The van der Waals surface area contributed by atoms with E-state index in [1.807, 2.05) is 18.2 Å². The van der Waals surface area contributed by atoms with Crippen LogP contribution in [-0.2, 0) is 16.0 Å². The summed E-state index contributed by atoms with van der Waals surface area (Å²) in [5.41, 5.74) is 0.988. The molecule has 1 saturated heterocycles. The van der Waals surface area contributed by atoms with Crippen molar-refractivity contribution in [1.82, 2.24) is 4.98 Å². The molecule has 1 aromatic rings. The molecular formula is C10H11NO2. The van der Waals surface area contributed by atoms with Gasteiger partial charge in [-0.05, 0) is 18.6 Å². The van der Waals surface area contributed by atoms with Gasteiger partial charge in [0.25, 0.3) is 0 Å². The molecule has 1 aliphatic rings. The lowest BCUT2D eigenvalue weighted by Crippen LogP contribution is -2.11. The molecule has 0 amide bonds. The van der Waals surface area contributed by atoms with E-state index in [1.165, 1.54) is 0 Å². The summed E-state index contributed by atoms with van der Waals surface area (Å²) in [4.78, 5) is 15.0. The Morgan fingerprint density at radius 2 is 2.46 bits per heavy atom. The lowest BCUT2D eigenvalue weighted by Gasteiger charge is -2.07. The average Bonchev–Trinajstić information content (AvgIpc) is 2.53. The highest BCUT2D eigenvalue weighted by molar-refractivity contribution is 5.71. The number of carbonyl (C=O) groups excluding carboxylic acids is 1. The molecular weight excluding hydrogens is 166 g/mol. The van der Waals surface area contributed by atoms with Gasteiger partial charge < -0.3 is 4.74 Å². The molecule has 1 fully saturated rings. The standard InChI is InChI=1S/C10H11NO2/c12-10-5-4-9(13-10)7-8-3-1-2-6-11-8/h1-3,6,9H,4-5,7H2. The quantitative estimate of drug-likeness (QED) is 0.640. The predicted molar refractivity (Wildman–Crippen MR) is 47.1 cm³/mol. The van der Waals surface area contributed by atoms with E-state index >= 15 is 0 Å². The van der Waals surface area contributed by atoms with E-state index in [1.54, 1.807) is 6.20 Å². The molecule has 0 saturated carbocycles. The van der Waals surface area contributed by atoms with Crippen LogP contribution in [0.5, 0.6) is 0 Å². The van der Waals surface area contributed by atoms with Gasteiger partial charge >= 0.3 is 5.97 Å². The summed E-state index contributed by atoms with van der Waals surface area (Å²) >= 11 is 0. The molecule has 68 valence electrons. The Bertz CT molecular complexity index is 297. The van der Waals surface area contributed by atoms with Crippen molar-refractivity contribution in [2.24, 2.45) is 0 Å². The van der Waals surface area contributed by atoms with Crippen LogP contribution in [0.15, 0.2) is 24.4 Å². The molecule has 1 atom stereocenters. The molecule has 0 aromatic carbocycles. The monoisotopic (exact) mass is 177 g/mol. The number of cyclic esters (lactones) is 1. The van der Waals surface area contributed by atoms with Crippen molar-refractivity contribution in [3.63, 3.8) is 0 Å². The summed E-state index contributed by atoms with van der Waals surface area (Å²) in [6.07, 6.45) is 3.92. The van der Waals surface area contributed by atoms with Gasteiger partial charge in [0.05, 0.1) is 0 Å². The second-order valence-electron chi connectivity index (χ2n) is 3.18. The minimum atomic E-state index is -0.0825. The summed E-state index contributed by atoms with van der Waals surface area (Å²) < 4.78 is 5.09. The van der Waals surface area contributed by atoms with Gasteiger partial charge in [-0.2, -0.15) is 0 Å². The van der Waals surface area contributed by atoms with Crippen LogP contribution >= 0.6 is 0 Å². The number of carbonyl (C=O) groups is 1. The molecule has 1 aromatic heterocycles. The maximum absolute atomic E-state index is 10.8. The van der Waals surface area contributed by atoms with Crippen molar-refractivity contribution in [3.8, 4) is 0 Å². The molecule has 0 radical (unpaired) electrons. The Hall–Kier alpha value is -1.38. The first-order valence-corrected chi connectivity index (χ1v) is 4.44. The van der Waals surface area contributed by atoms with Crippen LogP contribution in [0.1, 0.15) is 18.5 Å².